The Kier molecular flexibility index (Phi) is 5.12. The second-order valence-corrected chi connectivity index (χ2v) is 7.90. The van der Waals surface area contributed by atoms with E-state index in [0.717, 1.165) is 32.2 Å². The highest BCUT2D eigenvalue weighted by molar-refractivity contribution is 8.00. The van der Waals surface area contributed by atoms with E-state index in [0.29, 0.717) is 6.61 Å². The van der Waals surface area contributed by atoms with E-state index in [1.807, 2.05) is 19.1 Å². The Labute approximate surface area is 142 Å². The third-order valence-electron chi connectivity index (χ3n) is 2.92. The highest BCUT2D eigenvalue weighted by Crippen LogP contribution is 2.26. The molecule has 2 aromatic heterocycles. The molecule has 0 fully saturated rings. The Morgan fingerprint density at radius 2 is 1.86 bits per heavy atom. The lowest BCUT2D eigenvalue weighted by molar-refractivity contribution is 0.305. The number of ether oxygens (including phenoxy) is 1. The van der Waals surface area contributed by atoms with Crippen molar-refractivity contribution in [3.63, 3.8) is 0 Å². The first-order valence-corrected chi connectivity index (χ1v) is 9.61. The lowest BCUT2D eigenvalue weighted by Crippen LogP contribution is -1.95. The maximum absolute atomic E-state index is 5.76. The van der Waals surface area contributed by atoms with Gasteiger partial charge in [-0.3, -0.25) is 0 Å². The van der Waals surface area contributed by atoms with Crippen molar-refractivity contribution in [2.75, 3.05) is 0 Å². The van der Waals surface area contributed by atoms with E-state index in [1.165, 1.54) is 5.56 Å². The molecule has 22 heavy (non-hydrogen) atoms. The third kappa shape index (κ3) is 4.32. The average Bonchev–Trinajstić information content (AvgIpc) is 3.13. The molecule has 0 aliphatic carbocycles. The molecule has 114 valence electrons. The summed E-state index contributed by atoms with van der Waals surface area (Å²) in [5.74, 6) is 1.74. The smallest absolute Gasteiger partial charge is 0.150 e. The normalized spacial score (nSPS) is 10.8. The highest BCUT2D eigenvalue weighted by Gasteiger charge is 2.06. The molecular formula is C16H16N2OS3. The summed E-state index contributed by atoms with van der Waals surface area (Å²) in [7, 11) is 0. The van der Waals surface area contributed by atoms with Crippen LogP contribution in [0.5, 0.6) is 5.75 Å². The van der Waals surface area contributed by atoms with E-state index in [2.05, 4.69) is 39.8 Å². The van der Waals surface area contributed by atoms with E-state index in [4.69, 9.17) is 4.74 Å². The summed E-state index contributed by atoms with van der Waals surface area (Å²) in [6.45, 7) is 4.61. The van der Waals surface area contributed by atoms with Crippen LogP contribution in [-0.2, 0) is 12.4 Å². The van der Waals surface area contributed by atoms with Crippen LogP contribution in [-0.4, -0.2) is 9.97 Å². The van der Waals surface area contributed by atoms with E-state index < -0.39 is 0 Å². The van der Waals surface area contributed by atoms with Gasteiger partial charge in [-0.15, -0.1) is 22.7 Å². The fraction of sp³-hybridized carbons (Fsp3) is 0.250. The molecule has 0 atom stereocenters. The van der Waals surface area contributed by atoms with Crippen molar-refractivity contribution in [3.8, 4) is 5.75 Å². The molecule has 3 rings (SSSR count). The minimum Gasteiger partial charge on any atom is -0.486 e. The molecule has 0 spiro atoms. The van der Waals surface area contributed by atoms with Gasteiger partial charge in [0, 0.05) is 22.2 Å². The van der Waals surface area contributed by atoms with Gasteiger partial charge in [-0.1, -0.05) is 29.5 Å². The Bertz CT molecular complexity index is 734. The Morgan fingerprint density at radius 3 is 2.59 bits per heavy atom. The molecule has 3 aromatic rings. The van der Waals surface area contributed by atoms with Crippen molar-refractivity contribution in [2.24, 2.45) is 0 Å². The average molecular weight is 349 g/mol. The lowest BCUT2D eigenvalue weighted by atomic mass is 10.2. The second kappa shape index (κ2) is 7.26. The minimum absolute atomic E-state index is 0.523. The summed E-state index contributed by atoms with van der Waals surface area (Å²) in [5, 5.41) is 5.18. The van der Waals surface area contributed by atoms with Crippen LogP contribution in [0, 0.1) is 13.8 Å². The SMILES string of the molecule is Cc1ccc(OCc2nc(CSc3nc(C)cs3)cs2)cc1. The molecular weight excluding hydrogens is 332 g/mol. The monoisotopic (exact) mass is 348 g/mol. The molecule has 3 nitrogen and oxygen atoms in total. The summed E-state index contributed by atoms with van der Waals surface area (Å²) in [6, 6.07) is 8.08. The number of nitrogens with zero attached hydrogens (tertiary/aromatic N) is 2. The zero-order valence-electron chi connectivity index (χ0n) is 12.4. The summed E-state index contributed by atoms with van der Waals surface area (Å²) in [5.41, 5.74) is 3.40. The molecule has 0 saturated carbocycles. The van der Waals surface area contributed by atoms with Crippen molar-refractivity contribution < 1.29 is 4.74 Å². The minimum atomic E-state index is 0.523. The fourth-order valence-corrected chi connectivity index (χ4v) is 4.35. The van der Waals surface area contributed by atoms with Crippen molar-refractivity contribution in [1.29, 1.82) is 0 Å². The molecule has 0 radical (unpaired) electrons. The topological polar surface area (TPSA) is 35.0 Å². The maximum atomic E-state index is 5.76. The van der Waals surface area contributed by atoms with Crippen LogP contribution >= 0.6 is 34.4 Å². The molecule has 2 heterocycles. The number of hydrogen-bond acceptors (Lipinski definition) is 6. The van der Waals surface area contributed by atoms with Gasteiger partial charge < -0.3 is 4.74 Å². The molecule has 1 aromatic carbocycles. The van der Waals surface area contributed by atoms with Crippen LogP contribution < -0.4 is 4.74 Å². The zero-order chi connectivity index (χ0) is 15.4. The van der Waals surface area contributed by atoms with Crippen molar-refractivity contribution in [1.82, 2.24) is 9.97 Å². The van der Waals surface area contributed by atoms with Crippen LogP contribution in [0.4, 0.5) is 0 Å². The molecule has 6 heteroatoms. The Hall–Kier alpha value is -1.37. The number of aryl methyl sites for hydroxylation is 2. The predicted octanol–water partition coefficient (Wildman–Crippen LogP) is 5.09. The number of thiazole rings is 2. The van der Waals surface area contributed by atoms with Gasteiger partial charge in [0.15, 0.2) is 0 Å². The number of rotatable bonds is 6. The van der Waals surface area contributed by atoms with Crippen LogP contribution in [0.25, 0.3) is 0 Å². The molecule has 0 bridgehead atoms. The number of aromatic nitrogens is 2. The fourth-order valence-electron chi connectivity index (χ4n) is 1.80. The van der Waals surface area contributed by atoms with Gasteiger partial charge in [-0.2, -0.15) is 0 Å². The third-order valence-corrected chi connectivity index (χ3v) is 5.97. The van der Waals surface area contributed by atoms with Gasteiger partial charge in [-0.05, 0) is 26.0 Å². The van der Waals surface area contributed by atoms with Crippen molar-refractivity contribution in [3.05, 3.63) is 57.0 Å². The van der Waals surface area contributed by atoms with Crippen molar-refractivity contribution >= 4 is 34.4 Å². The molecule has 0 aliphatic rings. The van der Waals surface area contributed by atoms with Gasteiger partial charge in [-0.25, -0.2) is 9.97 Å². The van der Waals surface area contributed by atoms with Gasteiger partial charge in [0.05, 0.1) is 5.69 Å². The van der Waals surface area contributed by atoms with Crippen LogP contribution in [0.2, 0.25) is 0 Å². The molecule has 0 amide bonds. The van der Waals surface area contributed by atoms with E-state index in [9.17, 15) is 0 Å². The number of thioether (sulfide) groups is 1. The maximum Gasteiger partial charge on any atom is 0.150 e. The van der Waals surface area contributed by atoms with E-state index >= 15 is 0 Å². The molecule has 0 unspecified atom stereocenters. The lowest BCUT2D eigenvalue weighted by Gasteiger charge is -2.03. The summed E-state index contributed by atoms with van der Waals surface area (Å²) >= 11 is 5.07. The van der Waals surface area contributed by atoms with Crippen LogP contribution in [0.1, 0.15) is 22.0 Å². The predicted molar refractivity (Wildman–Crippen MR) is 94.0 cm³/mol. The summed E-state index contributed by atoms with van der Waals surface area (Å²) < 4.78 is 6.86. The van der Waals surface area contributed by atoms with Crippen LogP contribution in [0.15, 0.2) is 39.4 Å². The Balaban J connectivity index is 1.51. The summed E-state index contributed by atoms with van der Waals surface area (Å²) in [4.78, 5) is 9.06. The zero-order valence-corrected chi connectivity index (χ0v) is 14.9. The quantitative estimate of drug-likeness (QED) is 0.581. The highest BCUT2D eigenvalue weighted by atomic mass is 32.2. The van der Waals surface area contributed by atoms with Crippen molar-refractivity contribution in [2.45, 2.75) is 30.5 Å². The van der Waals surface area contributed by atoms with Gasteiger partial charge in [0.1, 0.15) is 21.7 Å². The van der Waals surface area contributed by atoms with Gasteiger partial charge in [0.2, 0.25) is 0 Å². The first kappa shape index (κ1) is 15.5. The standard InChI is InChI=1S/C16H16N2OS3/c1-11-3-5-14(6-4-11)19-7-15-18-13(9-20-15)10-22-16-17-12(2)8-21-16/h3-6,8-9H,7,10H2,1-2H3. The first-order valence-electron chi connectivity index (χ1n) is 6.87. The first-order chi connectivity index (χ1) is 10.7. The van der Waals surface area contributed by atoms with E-state index in [-0.39, 0.29) is 0 Å². The van der Waals surface area contributed by atoms with E-state index in [1.54, 1.807) is 34.4 Å². The van der Waals surface area contributed by atoms with Crippen LogP contribution in [0.3, 0.4) is 0 Å². The molecule has 0 saturated heterocycles. The largest absolute Gasteiger partial charge is 0.486 e. The van der Waals surface area contributed by atoms with Gasteiger partial charge in [0.25, 0.3) is 0 Å². The summed E-state index contributed by atoms with van der Waals surface area (Å²) in [6.07, 6.45) is 0. The van der Waals surface area contributed by atoms with Gasteiger partial charge >= 0.3 is 0 Å². The second-order valence-electron chi connectivity index (χ2n) is 4.88. The molecule has 0 N–H and O–H groups in total. The number of hydrogen-bond donors (Lipinski definition) is 0. The molecule has 0 aliphatic heterocycles. The Morgan fingerprint density at radius 1 is 1.05 bits per heavy atom. The number of benzene rings is 1.